The molecule has 0 saturated carbocycles. The average molecular weight is 353 g/mol. The number of benzene rings is 2. The number of phenolic OH excluding ortho intramolecular Hbond substituents is 1. The number of ether oxygens (including phenoxy) is 2. The van der Waals surface area contributed by atoms with Gasteiger partial charge in [0.15, 0.2) is 5.60 Å². The quantitative estimate of drug-likeness (QED) is 0.917. The van der Waals surface area contributed by atoms with Crippen molar-refractivity contribution >= 4 is 12.0 Å². The first-order chi connectivity index (χ1) is 12.5. The molecule has 134 valence electrons. The molecule has 6 nitrogen and oxygen atoms in total. The molecule has 2 heterocycles. The smallest absolute Gasteiger partial charge is 0.417 e. The molecule has 0 bridgehead atoms. The number of carbonyl (C=O) groups excluding carboxylic acids is 2. The summed E-state index contributed by atoms with van der Waals surface area (Å²) < 4.78 is 11.2. The van der Waals surface area contributed by atoms with Crippen LogP contribution in [0.4, 0.5) is 4.79 Å². The van der Waals surface area contributed by atoms with E-state index in [1.165, 1.54) is 11.0 Å². The molecule has 26 heavy (non-hydrogen) atoms. The number of carbonyl (C=O) groups is 2. The summed E-state index contributed by atoms with van der Waals surface area (Å²) in [5.41, 5.74) is 0.419. The molecular formula is C20H19NO5. The zero-order valence-corrected chi connectivity index (χ0v) is 14.3. The summed E-state index contributed by atoms with van der Waals surface area (Å²) in [6, 6.07) is 13.6. The highest BCUT2D eigenvalue weighted by Gasteiger charge is 2.52. The molecule has 0 aliphatic carbocycles. The van der Waals surface area contributed by atoms with Crippen LogP contribution in [-0.2, 0) is 16.0 Å². The maximum absolute atomic E-state index is 13.4. The van der Waals surface area contributed by atoms with Gasteiger partial charge in [-0.05, 0) is 30.2 Å². The Balaban J connectivity index is 1.68. The highest BCUT2D eigenvalue weighted by atomic mass is 16.6. The molecule has 0 radical (unpaired) electrons. The lowest BCUT2D eigenvalue weighted by atomic mass is 9.91. The van der Waals surface area contributed by atoms with Crippen molar-refractivity contribution in [3.63, 3.8) is 0 Å². The lowest BCUT2D eigenvalue weighted by Gasteiger charge is -2.31. The summed E-state index contributed by atoms with van der Waals surface area (Å²) in [7, 11) is 0. The first kappa shape index (κ1) is 16.4. The largest absolute Gasteiger partial charge is 0.508 e. The second kappa shape index (κ2) is 6.05. The Hall–Kier alpha value is -3.02. The molecule has 2 aromatic carbocycles. The van der Waals surface area contributed by atoms with E-state index < -0.39 is 23.6 Å². The predicted molar refractivity (Wildman–Crippen MR) is 92.8 cm³/mol. The lowest BCUT2D eigenvalue weighted by molar-refractivity contribution is -0.145. The fraction of sp³-hybridized carbons (Fsp3) is 0.300. The van der Waals surface area contributed by atoms with Gasteiger partial charge in [-0.15, -0.1) is 0 Å². The summed E-state index contributed by atoms with van der Waals surface area (Å²) in [6.45, 7) is 1.98. The van der Waals surface area contributed by atoms with Gasteiger partial charge in [-0.25, -0.2) is 9.69 Å². The SMILES string of the molecule is CC[C@]1(C(=O)N2C(=O)OC[C@H]2c2ccccc2)Cc2cc(O)ccc2O1. The van der Waals surface area contributed by atoms with Crippen LogP contribution in [-0.4, -0.2) is 34.2 Å². The number of cyclic esters (lactones) is 1. The number of rotatable bonds is 3. The minimum Gasteiger partial charge on any atom is -0.508 e. The van der Waals surface area contributed by atoms with Crippen LogP contribution in [0, 0.1) is 0 Å². The predicted octanol–water partition coefficient (Wildman–Crippen LogP) is 3.20. The standard InChI is InChI=1S/C20H19NO5/c1-2-20(11-14-10-15(22)8-9-17(14)26-20)18(23)21-16(12-25-19(21)24)13-6-4-3-5-7-13/h3-10,16,22H,2,11-12H2,1H3/t16-,20+/m0/s1. The van der Waals surface area contributed by atoms with E-state index in [0.717, 1.165) is 11.1 Å². The Morgan fingerprint density at radius 3 is 2.77 bits per heavy atom. The number of phenols is 1. The van der Waals surface area contributed by atoms with E-state index in [4.69, 9.17) is 9.47 Å². The van der Waals surface area contributed by atoms with Crippen LogP contribution in [0.3, 0.4) is 0 Å². The van der Waals surface area contributed by atoms with Crippen LogP contribution >= 0.6 is 0 Å². The van der Waals surface area contributed by atoms with Crippen LogP contribution in [0.5, 0.6) is 11.5 Å². The minimum absolute atomic E-state index is 0.120. The third-order valence-corrected chi connectivity index (χ3v) is 5.06. The van der Waals surface area contributed by atoms with E-state index in [9.17, 15) is 14.7 Å². The van der Waals surface area contributed by atoms with Gasteiger partial charge < -0.3 is 14.6 Å². The Labute approximate surface area is 151 Å². The Bertz CT molecular complexity index is 866. The van der Waals surface area contributed by atoms with Crippen LogP contribution < -0.4 is 4.74 Å². The monoisotopic (exact) mass is 353 g/mol. The van der Waals surface area contributed by atoms with Gasteiger partial charge in [0.1, 0.15) is 24.1 Å². The molecule has 1 N–H and O–H groups in total. The third kappa shape index (κ3) is 2.49. The number of imide groups is 1. The molecule has 2 aliphatic heterocycles. The Morgan fingerprint density at radius 2 is 2.04 bits per heavy atom. The number of aromatic hydroxyl groups is 1. The van der Waals surface area contributed by atoms with Crippen LogP contribution in [0.15, 0.2) is 48.5 Å². The van der Waals surface area contributed by atoms with Crippen LogP contribution in [0.1, 0.15) is 30.5 Å². The molecule has 2 amide bonds. The van der Waals surface area contributed by atoms with E-state index in [1.54, 1.807) is 12.1 Å². The number of amides is 2. The zero-order valence-electron chi connectivity index (χ0n) is 14.3. The van der Waals surface area contributed by atoms with Crippen molar-refractivity contribution < 1.29 is 24.2 Å². The molecule has 2 aromatic rings. The topological polar surface area (TPSA) is 76.1 Å². The highest BCUT2D eigenvalue weighted by Crippen LogP contribution is 2.41. The maximum atomic E-state index is 13.4. The molecule has 4 rings (SSSR count). The van der Waals surface area contributed by atoms with Gasteiger partial charge in [0, 0.05) is 12.0 Å². The molecular weight excluding hydrogens is 334 g/mol. The molecule has 2 atom stereocenters. The summed E-state index contributed by atoms with van der Waals surface area (Å²) >= 11 is 0. The van der Waals surface area contributed by atoms with Gasteiger partial charge >= 0.3 is 6.09 Å². The van der Waals surface area contributed by atoms with Crippen molar-refractivity contribution in [3.8, 4) is 11.5 Å². The van der Waals surface area contributed by atoms with E-state index >= 15 is 0 Å². The fourth-order valence-electron chi connectivity index (χ4n) is 3.61. The summed E-state index contributed by atoms with van der Waals surface area (Å²) in [4.78, 5) is 26.9. The van der Waals surface area contributed by atoms with Gasteiger partial charge in [0.05, 0.1) is 0 Å². The molecule has 0 spiro atoms. The second-order valence-electron chi connectivity index (χ2n) is 6.60. The van der Waals surface area contributed by atoms with E-state index in [1.807, 2.05) is 37.3 Å². The normalized spacial score (nSPS) is 24.1. The summed E-state index contributed by atoms with van der Waals surface area (Å²) in [6.07, 6.45) is 0.0447. The highest BCUT2D eigenvalue weighted by molar-refractivity contribution is 5.99. The number of nitrogens with zero attached hydrogens (tertiary/aromatic N) is 1. The van der Waals surface area contributed by atoms with E-state index in [-0.39, 0.29) is 12.4 Å². The minimum atomic E-state index is -1.17. The van der Waals surface area contributed by atoms with E-state index in [0.29, 0.717) is 18.6 Å². The Morgan fingerprint density at radius 1 is 1.27 bits per heavy atom. The van der Waals surface area contributed by atoms with Gasteiger partial charge in [-0.3, -0.25) is 4.79 Å². The van der Waals surface area contributed by atoms with Crippen molar-refractivity contribution in [1.29, 1.82) is 0 Å². The summed E-state index contributed by atoms with van der Waals surface area (Å²) in [5, 5.41) is 9.70. The maximum Gasteiger partial charge on any atom is 0.417 e. The van der Waals surface area contributed by atoms with Gasteiger partial charge in [-0.1, -0.05) is 37.3 Å². The van der Waals surface area contributed by atoms with Crippen molar-refractivity contribution in [2.45, 2.75) is 31.4 Å². The van der Waals surface area contributed by atoms with Crippen molar-refractivity contribution in [3.05, 3.63) is 59.7 Å². The Kier molecular flexibility index (Phi) is 3.83. The van der Waals surface area contributed by atoms with Crippen LogP contribution in [0.25, 0.3) is 0 Å². The van der Waals surface area contributed by atoms with Gasteiger partial charge in [0.2, 0.25) is 0 Å². The van der Waals surface area contributed by atoms with E-state index in [2.05, 4.69) is 0 Å². The number of hydrogen-bond donors (Lipinski definition) is 1. The number of fused-ring (bicyclic) bond motifs is 1. The molecule has 6 heteroatoms. The third-order valence-electron chi connectivity index (χ3n) is 5.06. The van der Waals surface area contributed by atoms with Crippen molar-refractivity contribution in [2.24, 2.45) is 0 Å². The summed E-state index contributed by atoms with van der Waals surface area (Å²) in [5.74, 6) is 0.267. The molecule has 1 fully saturated rings. The van der Waals surface area contributed by atoms with Gasteiger partial charge in [-0.2, -0.15) is 0 Å². The molecule has 0 aromatic heterocycles. The molecule has 2 aliphatic rings. The fourth-order valence-corrected chi connectivity index (χ4v) is 3.61. The lowest BCUT2D eigenvalue weighted by Crippen LogP contribution is -2.52. The zero-order chi connectivity index (χ0) is 18.3. The molecule has 1 saturated heterocycles. The second-order valence-corrected chi connectivity index (χ2v) is 6.60. The van der Waals surface area contributed by atoms with Crippen LogP contribution in [0.2, 0.25) is 0 Å². The van der Waals surface area contributed by atoms with Crippen molar-refractivity contribution in [2.75, 3.05) is 6.61 Å². The molecule has 0 unspecified atom stereocenters. The number of hydrogen-bond acceptors (Lipinski definition) is 5. The first-order valence-corrected chi connectivity index (χ1v) is 8.60. The first-order valence-electron chi connectivity index (χ1n) is 8.60. The average Bonchev–Trinajstić information content (AvgIpc) is 3.22. The van der Waals surface area contributed by atoms with Crippen molar-refractivity contribution in [1.82, 2.24) is 4.90 Å². The van der Waals surface area contributed by atoms with Gasteiger partial charge in [0.25, 0.3) is 5.91 Å².